The van der Waals surface area contributed by atoms with E-state index in [9.17, 15) is 18.0 Å². The van der Waals surface area contributed by atoms with Crippen LogP contribution in [0.2, 0.25) is 0 Å². The van der Waals surface area contributed by atoms with Gasteiger partial charge < -0.3 is 15.2 Å². The van der Waals surface area contributed by atoms with Gasteiger partial charge in [-0.05, 0) is 43.0 Å². The number of nitrogens with zero attached hydrogens (tertiary/aromatic N) is 3. The van der Waals surface area contributed by atoms with E-state index in [2.05, 4.69) is 20.3 Å². The minimum atomic E-state index is -4.44. The zero-order valence-electron chi connectivity index (χ0n) is 16.7. The Hall–Kier alpha value is -3.10. The van der Waals surface area contributed by atoms with Crippen LogP contribution < -0.4 is 10.2 Å². The number of aromatic nitrogens is 3. The van der Waals surface area contributed by atoms with E-state index in [4.69, 9.17) is 0 Å². The number of benzene rings is 1. The number of para-hydroxylation sites is 2. The maximum absolute atomic E-state index is 12.7. The average Bonchev–Trinajstić information content (AvgIpc) is 3.14. The van der Waals surface area contributed by atoms with Crippen LogP contribution >= 0.6 is 0 Å². The molecule has 1 aliphatic heterocycles. The lowest BCUT2D eigenvalue weighted by atomic mass is 10.2. The monoisotopic (exact) mass is 429 g/mol. The largest absolute Gasteiger partial charge is 0.433 e. The van der Waals surface area contributed by atoms with Crippen molar-refractivity contribution in [3.05, 3.63) is 54.1 Å². The zero-order chi connectivity index (χ0) is 21.6. The van der Waals surface area contributed by atoms with E-state index >= 15 is 0 Å². The number of carbonyl (C=O) groups is 1. The summed E-state index contributed by atoms with van der Waals surface area (Å²) in [6.45, 7) is 1.24. The predicted octanol–water partition coefficient (Wildman–Crippen LogP) is 3.87. The van der Waals surface area contributed by atoms with E-state index in [1.165, 1.54) is 12.3 Å². The van der Waals surface area contributed by atoms with E-state index in [1.807, 2.05) is 29.2 Å². The number of H-pyrrole nitrogens is 1. The molecule has 1 amide bonds. The summed E-state index contributed by atoms with van der Waals surface area (Å²) in [5.41, 5.74) is 1.69. The van der Waals surface area contributed by atoms with Crippen molar-refractivity contribution in [2.24, 2.45) is 5.92 Å². The first kappa shape index (κ1) is 19.8. The molecular weight excluding hydrogens is 407 g/mol. The molecule has 0 bridgehead atoms. The second-order valence-corrected chi connectivity index (χ2v) is 8.34. The molecule has 162 valence electrons. The highest BCUT2D eigenvalue weighted by Gasteiger charge is 2.42. The number of imidazole rings is 1. The number of pyridine rings is 1. The molecule has 2 fully saturated rings. The highest BCUT2D eigenvalue weighted by Crippen LogP contribution is 2.48. The molecule has 2 aromatic heterocycles. The lowest BCUT2D eigenvalue weighted by molar-refractivity contribution is -0.141. The number of fused-ring (bicyclic) bond motifs is 1. The topological polar surface area (TPSA) is 73.9 Å². The fourth-order valence-corrected chi connectivity index (χ4v) is 4.33. The lowest BCUT2D eigenvalue weighted by Crippen LogP contribution is -2.37. The minimum Gasteiger partial charge on any atom is -0.368 e. The summed E-state index contributed by atoms with van der Waals surface area (Å²) in [4.78, 5) is 25.9. The summed E-state index contributed by atoms with van der Waals surface area (Å²) in [5.74, 6) is 1.54. The summed E-state index contributed by atoms with van der Waals surface area (Å²) in [6.07, 6.45) is -1.04. The molecule has 2 aliphatic rings. The average molecular weight is 429 g/mol. The van der Waals surface area contributed by atoms with Crippen molar-refractivity contribution in [2.75, 3.05) is 18.0 Å². The molecule has 1 saturated carbocycles. The number of hydrogen-bond acceptors (Lipinski definition) is 4. The second-order valence-electron chi connectivity index (χ2n) is 8.34. The Morgan fingerprint density at radius 2 is 2.06 bits per heavy atom. The smallest absolute Gasteiger partial charge is 0.368 e. The summed E-state index contributed by atoms with van der Waals surface area (Å²) in [5, 5.41) is 3.07. The number of nitrogens with one attached hydrogen (secondary N) is 2. The zero-order valence-corrected chi connectivity index (χ0v) is 16.7. The normalized spacial score (nSPS) is 23.3. The second kappa shape index (κ2) is 7.55. The van der Waals surface area contributed by atoms with Crippen LogP contribution in [0.15, 0.2) is 42.6 Å². The Bertz CT molecular complexity index is 1060. The van der Waals surface area contributed by atoms with Crippen LogP contribution in [0, 0.1) is 5.92 Å². The number of carbonyl (C=O) groups excluding carboxylic acids is 1. The van der Waals surface area contributed by atoms with E-state index in [0.29, 0.717) is 25.2 Å². The molecule has 1 saturated heterocycles. The fraction of sp³-hybridized carbons (Fsp3) is 0.409. The Balaban J connectivity index is 1.12. The highest BCUT2D eigenvalue weighted by atomic mass is 19.4. The molecule has 9 heteroatoms. The Morgan fingerprint density at radius 3 is 2.81 bits per heavy atom. The maximum Gasteiger partial charge on any atom is 0.433 e. The summed E-state index contributed by atoms with van der Waals surface area (Å²) in [7, 11) is 0. The molecule has 0 unspecified atom stereocenters. The molecule has 0 spiro atoms. The molecule has 1 aliphatic carbocycles. The molecular formula is C22H22F3N5O. The Morgan fingerprint density at radius 1 is 1.23 bits per heavy atom. The van der Waals surface area contributed by atoms with Crippen LogP contribution in [0.25, 0.3) is 11.0 Å². The van der Waals surface area contributed by atoms with Crippen LogP contribution in [0.5, 0.6) is 0 Å². The third-order valence-electron chi connectivity index (χ3n) is 6.09. The van der Waals surface area contributed by atoms with Gasteiger partial charge in [0.2, 0.25) is 5.91 Å². The standard InChI is InChI=1S/C22H22F3N5O/c23-22(24,25)19-6-5-15(11-26-19)30-8-7-14(12-30)27-20(31)10-13-9-16(13)21-28-17-3-1-2-4-18(17)29-21/h1-6,11,13-14,16H,7-10,12H2,(H,27,31)(H,28,29)/t13-,14-,16-/m0/s1. The van der Waals surface area contributed by atoms with E-state index < -0.39 is 11.9 Å². The van der Waals surface area contributed by atoms with Crippen molar-refractivity contribution in [2.45, 2.75) is 37.4 Å². The van der Waals surface area contributed by atoms with Crippen molar-refractivity contribution in [3.63, 3.8) is 0 Å². The Kier molecular flexibility index (Phi) is 4.83. The molecule has 3 atom stereocenters. The molecule has 3 heterocycles. The molecule has 3 aromatic rings. The van der Waals surface area contributed by atoms with Gasteiger partial charge in [-0.2, -0.15) is 13.2 Å². The van der Waals surface area contributed by atoms with Crippen molar-refractivity contribution in [3.8, 4) is 0 Å². The predicted molar refractivity (Wildman–Crippen MR) is 110 cm³/mol. The first-order valence-corrected chi connectivity index (χ1v) is 10.4. The summed E-state index contributed by atoms with van der Waals surface area (Å²) in [6, 6.07) is 10.3. The van der Waals surface area contributed by atoms with Crippen molar-refractivity contribution in [1.82, 2.24) is 20.3 Å². The van der Waals surface area contributed by atoms with Crippen molar-refractivity contribution in [1.29, 1.82) is 0 Å². The van der Waals surface area contributed by atoms with Gasteiger partial charge in [-0.3, -0.25) is 4.79 Å². The highest BCUT2D eigenvalue weighted by molar-refractivity contribution is 5.78. The van der Waals surface area contributed by atoms with Gasteiger partial charge in [-0.25, -0.2) is 9.97 Å². The van der Waals surface area contributed by atoms with Crippen LogP contribution in [0.3, 0.4) is 0 Å². The van der Waals surface area contributed by atoms with Gasteiger partial charge in [0.15, 0.2) is 0 Å². The molecule has 6 nitrogen and oxygen atoms in total. The number of alkyl halides is 3. The minimum absolute atomic E-state index is 0.0148. The molecule has 2 N–H and O–H groups in total. The van der Waals surface area contributed by atoms with E-state index in [0.717, 1.165) is 35.8 Å². The van der Waals surface area contributed by atoms with Crippen LogP contribution in [-0.2, 0) is 11.0 Å². The molecule has 5 rings (SSSR count). The maximum atomic E-state index is 12.7. The van der Waals surface area contributed by atoms with Gasteiger partial charge in [0.1, 0.15) is 11.5 Å². The van der Waals surface area contributed by atoms with Gasteiger partial charge >= 0.3 is 6.18 Å². The first-order valence-electron chi connectivity index (χ1n) is 10.4. The van der Waals surface area contributed by atoms with Crippen LogP contribution in [0.1, 0.15) is 36.7 Å². The third kappa shape index (κ3) is 4.22. The van der Waals surface area contributed by atoms with Gasteiger partial charge in [-0.15, -0.1) is 0 Å². The van der Waals surface area contributed by atoms with Crippen molar-refractivity contribution >= 4 is 22.6 Å². The number of rotatable bonds is 5. The van der Waals surface area contributed by atoms with Gasteiger partial charge in [0, 0.05) is 31.5 Å². The van der Waals surface area contributed by atoms with Crippen LogP contribution in [-0.4, -0.2) is 40.0 Å². The lowest BCUT2D eigenvalue weighted by Gasteiger charge is -2.19. The SMILES string of the molecule is O=C(C[C@@H]1C[C@@H]1c1nc2ccccc2[nH]1)N[C@H]1CCN(c2ccc(C(F)(F)F)nc2)C1. The van der Waals surface area contributed by atoms with Crippen molar-refractivity contribution < 1.29 is 18.0 Å². The molecule has 0 radical (unpaired) electrons. The number of aromatic amines is 1. The summed E-state index contributed by atoms with van der Waals surface area (Å²) >= 11 is 0. The molecule has 1 aromatic carbocycles. The number of hydrogen-bond donors (Lipinski definition) is 2. The van der Waals surface area contributed by atoms with Crippen LogP contribution in [0.4, 0.5) is 18.9 Å². The van der Waals surface area contributed by atoms with E-state index in [1.54, 1.807) is 0 Å². The number of anilines is 1. The Labute approximate surface area is 176 Å². The number of halogens is 3. The van der Waals surface area contributed by atoms with E-state index in [-0.39, 0.29) is 23.8 Å². The third-order valence-corrected chi connectivity index (χ3v) is 6.09. The van der Waals surface area contributed by atoms with Gasteiger partial charge in [0.05, 0.1) is 22.9 Å². The summed E-state index contributed by atoms with van der Waals surface area (Å²) < 4.78 is 38.0. The van der Waals surface area contributed by atoms with Gasteiger partial charge in [0.25, 0.3) is 0 Å². The fourth-order valence-electron chi connectivity index (χ4n) is 4.33. The molecule has 31 heavy (non-hydrogen) atoms. The quantitative estimate of drug-likeness (QED) is 0.646. The number of amides is 1. The van der Waals surface area contributed by atoms with Gasteiger partial charge in [-0.1, -0.05) is 12.1 Å². The first-order chi connectivity index (χ1) is 14.9.